The molecule has 0 amide bonds. The molecule has 0 atom stereocenters. The lowest BCUT2D eigenvalue weighted by Gasteiger charge is -1.98. The van der Waals surface area contributed by atoms with Crippen LogP contribution < -0.4 is 5.30 Å². The maximum absolute atomic E-state index is 2.22. The molecule has 11 heavy (non-hydrogen) atoms. The van der Waals surface area contributed by atoms with Gasteiger partial charge in [0.1, 0.15) is 0 Å². The zero-order valence-electron chi connectivity index (χ0n) is 7.17. The Morgan fingerprint density at radius 1 is 1.18 bits per heavy atom. The third-order valence-electron chi connectivity index (χ3n) is 1.55. The lowest BCUT2D eigenvalue weighted by atomic mass is 10.2. The molecule has 0 nitrogen and oxygen atoms in total. The molecule has 0 aliphatic carbocycles. The smallest absolute Gasteiger partial charge is 0.0193 e. The fourth-order valence-electron chi connectivity index (χ4n) is 0.891. The molecule has 1 aromatic carbocycles. The number of rotatable bonds is 3. The van der Waals surface area contributed by atoms with Crippen LogP contribution in [0.3, 0.4) is 0 Å². The van der Waals surface area contributed by atoms with E-state index in [0.29, 0.717) is 0 Å². The van der Waals surface area contributed by atoms with E-state index >= 15 is 0 Å². The summed E-state index contributed by atoms with van der Waals surface area (Å²) in [5, 5.41) is 1.44. The molecule has 0 bridgehead atoms. The average Bonchev–Trinajstić information content (AvgIpc) is 2.04. The van der Waals surface area contributed by atoms with E-state index in [2.05, 4.69) is 38.1 Å². The zero-order chi connectivity index (χ0) is 8.10. The van der Waals surface area contributed by atoms with Crippen molar-refractivity contribution in [3.05, 3.63) is 29.8 Å². The Morgan fingerprint density at radius 3 is 2.36 bits per heavy atom. The van der Waals surface area contributed by atoms with Crippen LogP contribution in [-0.4, -0.2) is 6.16 Å². The molecule has 0 aromatic heterocycles. The van der Waals surface area contributed by atoms with E-state index in [1.165, 1.54) is 32.0 Å². The van der Waals surface area contributed by atoms with E-state index in [9.17, 15) is 0 Å². The summed E-state index contributed by atoms with van der Waals surface area (Å²) in [6.07, 6.45) is 2.55. The second kappa shape index (κ2) is 4.51. The first-order valence-electron chi connectivity index (χ1n) is 4.07. The molecule has 0 N–H and O–H groups in total. The quantitative estimate of drug-likeness (QED) is 0.604. The molecule has 0 spiro atoms. The van der Waals surface area contributed by atoms with E-state index in [-0.39, 0.29) is 0 Å². The van der Waals surface area contributed by atoms with E-state index in [4.69, 9.17) is 0 Å². The van der Waals surface area contributed by atoms with Crippen molar-refractivity contribution in [3.63, 3.8) is 0 Å². The Balaban J connectivity index is 2.52. The Morgan fingerprint density at radius 2 is 1.82 bits per heavy atom. The van der Waals surface area contributed by atoms with Crippen LogP contribution in [0.2, 0.25) is 0 Å². The van der Waals surface area contributed by atoms with Crippen molar-refractivity contribution in [1.82, 2.24) is 0 Å². The van der Waals surface area contributed by atoms with Gasteiger partial charge in [0.15, 0.2) is 0 Å². The van der Waals surface area contributed by atoms with Gasteiger partial charge in [-0.1, -0.05) is 43.2 Å². The minimum Gasteiger partial charge on any atom is -0.0650 e. The van der Waals surface area contributed by atoms with Gasteiger partial charge < -0.3 is 0 Å². The normalized spacial score (nSPS) is 11.1. The van der Waals surface area contributed by atoms with Gasteiger partial charge in [0.2, 0.25) is 0 Å². The lowest BCUT2D eigenvalue weighted by Crippen LogP contribution is -1.93. The average molecular weight is 165 g/mol. The van der Waals surface area contributed by atoms with Gasteiger partial charge in [-0.05, 0) is 27.0 Å². The first-order valence-corrected chi connectivity index (χ1v) is 5.15. The molecule has 0 fully saturated rings. The van der Waals surface area contributed by atoms with E-state index < -0.39 is 0 Å². The van der Waals surface area contributed by atoms with Gasteiger partial charge in [0.05, 0.1) is 0 Å². The fourth-order valence-corrected chi connectivity index (χ4v) is 1.73. The Labute approximate surface area is 70.8 Å². The molecule has 0 aliphatic rings. The highest BCUT2D eigenvalue weighted by Crippen LogP contribution is 2.11. The number of benzene rings is 1. The molecule has 0 saturated heterocycles. The molecule has 0 aliphatic heterocycles. The maximum Gasteiger partial charge on any atom is -0.0193 e. The summed E-state index contributed by atoms with van der Waals surface area (Å²) < 4.78 is 0. The predicted octanol–water partition coefficient (Wildman–Crippen LogP) is 2.98. The van der Waals surface area contributed by atoms with Gasteiger partial charge in [-0.3, -0.25) is 0 Å². The predicted molar refractivity (Wildman–Crippen MR) is 52.9 cm³/mol. The highest BCUT2D eigenvalue weighted by Gasteiger charge is 1.90. The van der Waals surface area contributed by atoms with Crippen molar-refractivity contribution in [1.29, 1.82) is 0 Å². The van der Waals surface area contributed by atoms with Gasteiger partial charge in [0, 0.05) is 0 Å². The van der Waals surface area contributed by atoms with Crippen LogP contribution in [0.15, 0.2) is 24.3 Å². The van der Waals surface area contributed by atoms with Crippen LogP contribution in [0.5, 0.6) is 0 Å². The van der Waals surface area contributed by atoms with Crippen LogP contribution in [0, 0.1) is 6.92 Å². The summed E-state index contributed by atoms with van der Waals surface area (Å²) in [5.41, 5.74) is 1.35. The van der Waals surface area contributed by atoms with Gasteiger partial charge in [-0.25, -0.2) is 0 Å². The minimum absolute atomic E-state index is 1.27. The molecule has 1 radical (unpaired) electrons. The second-order valence-corrected chi connectivity index (χ2v) is 4.00. The zero-order valence-corrected chi connectivity index (χ0v) is 8.07. The van der Waals surface area contributed by atoms with Crippen molar-refractivity contribution in [2.24, 2.45) is 0 Å². The molecule has 0 saturated carbocycles. The van der Waals surface area contributed by atoms with Gasteiger partial charge in [-0.15, -0.1) is 0 Å². The lowest BCUT2D eigenvalue weighted by molar-refractivity contribution is 1.10. The molecular formula is C10H14P. The van der Waals surface area contributed by atoms with Crippen molar-refractivity contribution in [2.75, 3.05) is 6.16 Å². The van der Waals surface area contributed by atoms with Crippen LogP contribution in [-0.2, 0) is 0 Å². The fraction of sp³-hybridized carbons (Fsp3) is 0.400. The van der Waals surface area contributed by atoms with Crippen molar-refractivity contribution in [3.8, 4) is 0 Å². The van der Waals surface area contributed by atoms with Crippen molar-refractivity contribution in [2.45, 2.75) is 20.3 Å². The monoisotopic (exact) mass is 165 g/mol. The van der Waals surface area contributed by atoms with Crippen LogP contribution >= 0.6 is 8.58 Å². The molecule has 59 valence electrons. The van der Waals surface area contributed by atoms with Gasteiger partial charge in [0.25, 0.3) is 0 Å². The summed E-state index contributed by atoms with van der Waals surface area (Å²) >= 11 is 0. The Bertz CT molecular complexity index is 201. The summed E-state index contributed by atoms with van der Waals surface area (Å²) in [6.45, 7) is 4.35. The van der Waals surface area contributed by atoms with E-state index in [1.807, 2.05) is 0 Å². The maximum atomic E-state index is 2.22. The molecular weight excluding hydrogens is 151 g/mol. The van der Waals surface area contributed by atoms with Crippen LogP contribution in [0.1, 0.15) is 18.9 Å². The Kier molecular flexibility index (Phi) is 3.59. The van der Waals surface area contributed by atoms with Gasteiger partial charge >= 0.3 is 0 Å². The van der Waals surface area contributed by atoms with E-state index in [1.54, 1.807) is 0 Å². The topological polar surface area (TPSA) is 0 Å². The Hall–Kier alpha value is -0.350. The third kappa shape index (κ3) is 3.03. The van der Waals surface area contributed by atoms with Gasteiger partial charge in [-0.2, -0.15) is 0 Å². The summed E-state index contributed by atoms with van der Waals surface area (Å²) in [4.78, 5) is 0. The number of aryl methyl sites for hydroxylation is 1. The van der Waals surface area contributed by atoms with Crippen molar-refractivity contribution >= 4 is 13.9 Å². The molecule has 1 rings (SSSR count). The molecule has 1 heteroatoms. The summed E-state index contributed by atoms with van der Waals surface area (Å²) in [6, 6.07) is 8.79. The van der Waals surface area contributed by atoms with Crippen LogP contribution in [0.25, 0.3) is 0 Å². The standard InChI is InChI=1S/C10H14P/c1-3-8-11-10-6-4-9(2)5-7-10/h4-7H,3,8H2,1-2H3. The minimum atomic E-state index is 1.27. The highest BCUT2D eigenvalue weighted by molar-refractivity contribution is 7.47. The highest BCUT2D eigenvalue weighted by atomic mass is 31.1. The molecule has 0 heterocycles. The second-order valence-electron chi connectivity index (χ2n) is 2.72. The SMILES string of the molecule is CCC[P]c1ccc(C)cc1. The van der Waals surface area contributed by atoms with Crippen molar-refractivity contribution < 1.29 is 0 Å². The van der Waals surface area contributed by atoms with E-state index in [0.717, 1.165) is 0 Å². The largest absolute Gasteiger partial charge is 0.0650 e. The summed E-state index contributed by atoms with van der Waals surface area (Å²) in [5.74, 6) is 0. The number of hydrogen-bond acceptors (Lipinski definition) is 0. The first-order chi connectivity index (χ1) is 5.33. The first kappa shape index (κ1) is 8.74. The molecule has 1 aromatic rings. The van der Waals surface area contributed by atoms with Crippen LogP contribution in [0.4, 0.5) is 0 Å². The number of hydrogen-bond donors (Lipinski definition) is 0. The molecule has 0 unspecified atom stereocenters. The summed E-state index contributed by atoms with van der Waals surface area (Å²) in [7, 11) is 1.46. The third-order valence-corrected chi connectivity index (χ3v) is 2.89.